The topological polar surface area (TPSA) is 12.5 Å². The minimum atomic E-state index is 0.764. The van der Waals surface area contributed by atoms with Gasteiger partial charge in [-0.2, -0.15) is 0 Å². The van der Waals surface area contributed by atoms with Crippen molar-refractivity contribution in [3.63, 3.8) is 0 Å². The molecule has 0 radical (unpaired) electrons. The van der Waals surface area contributed by atoms with Crippen molar-refractivity contribution in [2.75, 3.05) is 25.5 Å². The van der Waals surface area contributed by atoms with Crippen LogP contribution in [0.2, 0.25) is 5.02 Å². The molecule has 0 amide bonds. The van der Waals surface area contributed by atoms with Crippen LogP contribution >= 0.6 is 27.5 Å². The van der Waals surface area contributed by atoms with Gasteiger partial charge in [0.15, 0.2) is 0 Å². The summed E-state index contributed by atoms with van der Waals surface area (Å²) in [6.07, 6.45) is 2.43. The van der Waals surface area contributed by atoms with E-state index in [2.05, 4.69) is 27.8 Å². The van der Waals surface area contributed by atoms with Gasteiger partial charge in [0, 0.05) is 29.0 Å². The Morgan fingerprint density at radius 3 is 2.72 bits per heavy atom. The normalized spacial score (nSPS) is 10.9. The van der Waals surface area contributed by atoms with Crippen molar-refractivity contribution >= 4 is 27.5 Å². The summed E-state index contributed by atoms with van der Waals surface area (Å²) in [7, 11) is 1.70. The molecular weight excluding hydrogens is 314 g/mol. The molecule has 18 heavy (non-hydrogen) atoms. The lowest BCUT2D eigenvalue weighted by Gasteiger charge is -2.22. The van der Waals surface area contributed by atoms with Crippen molar-refractivity contribution in [2.45, 2.75) is 26.3 Å². The van der Waals surface area contributed by atoms with Crippen LogP contribution in [-0.4, -0.2) is 30.4 Å². The average molecular weight is 335 g/mol. The van der Waals surface area contributed by atoms with Gasteiger partial charge in [-0.15, -0.1) is 0 Å². The Balaban J connectivity index is 2.74. The zero-order chi connectivity index (χ0) is 13.4. The summed E-state index contributed by atoms with van der Waals surface area (Å²) in [5, 5.41) is 1.75. The van der Waals surface area contributed by atoms with E-state index < -0.39 is 0 Å². The Labute approximate surface area is 123 Å². The van der Waals surface area contributed by atoms with Gasteiger partial charge in [-0.25, -0.2) is 0 Å². The number of ether oxygens (including phenoxy) is 1. The van der Waals surface area contributed by atoms with E-state index in [4.69, 9.17) is 16.3 Å². The highest BCUT2D eigenvalue weighted by molar-refractivity contribution is 9.09. The van der Waals surface area contributed by atoms with E-state index in [-0.39, 0.29) is 0 Å². The van der Waals surface area contributed by atoms with E-state index >= 15 is 0 Å². The predicted molar refractivity (Wildman–Crippen MR) is 82.0 cm³/mol. The molecule has 0 spiro atoms. The van der Waals surface area contributed by atoms with Gasteiger partial charge in [0.2, 0.25) is 0 Å². The maximum absolute atomic E-state index is 6.06. The average Bonchev–Trinajstić information content (AvgIpc) is 2.36. The van der Waals surface area contributed by atoms with E-state index in [1.807, 2.05) is 18.2 Å². The molecule has 0 aromatic heterocycles. The summed E-state index contributed by atoms with van der Waals surface area (Å²) in [5.41, 5.74) is 1.15. The van der Waals surface area contributed by atoms with Gasteiger partial charge >= 0.3 is 0 Å². The monoisotopic (exact) mass is 333 g/mol. The maximum atomic E-state index is 6.06. The van der Waals surface area contributed by atoms with Gasteiger partial charge in [-0.1, -0.05) is 40.9 Å². The van der Waals surface area contributed by atoms with Crippen LogP contribution in [0.5, 0.6) is 5.75 Å². The molecule has 1 aromatic rings. The zero-order valence-electron chi connectivity index (χ0n) is 11.1. The maximum Gasteiger partial charge on any atom is 0.123 e. The highest BCUT2D eigenvalue weighted by atomic mass is 79.9. The predicted octanol–water partition coefficient (Wildman–Crippen LogP) is 4.35. The molecule has 0 saturated carbocycles. The highest BCUT2D eigenvalue weighted by Crippen LogP contribution is 2.24. The number of nitrogens with zero attached hydrogens (tertiary/aromatic N) is 1. The van der Waals surface area contributed by atoms with Crippen molar-refractivity contribution in [1.29, 1.82) is 0 Å². The summed E-state index contributed by atoms with van der Waals surface area (Å²) >= 11 is 9.56. The number of halogens is 2. The van der Waals surface area contributed by atoms with Gasteiger partial charge in [-0.05, 0) is 31.2 Å². The Morgan fingerprint density at radius 1 is 1.33 bits per heavy atom. The number of alkyl halides is 1. The Kier molecular flexibility index (Phi) is 7.71. The van der Waals surface area contributed by atoms with Crippen molar-refractivity contribution in [3.8, 4) is 5.75 Å². The molecule has 0 heterocycles. The molecule has 2 nitrogen and oxygen atoms in total. The molecule has 0 unspecified atom stereocenters. The highest BCUT2D eigenvalue weighted by Gasteiger charge is 2.09. The van der Waals surface area contributed by atoms with E-state index in [0.29, 0.717) is 0 Å². The molecule has 0 saturated heterocycles. The molecule has 1 aromatic carbocycles. The molecule has 0 aliphatic rings. The number of hydrogen-bond donors (Lipinski definition) is 0. The molecule has 4 heteroatoms. The SMILES string of the molecule is CCCCN(CCBr)Cc1cc(Cl)ccc1OC. The fourth-order valence-electron chi connectivity index (χ4n) is 1.88. The van der Waals surface area contributed by atoms with Gasteiger partial charge in [0.1, 0.15) is 5.75 Å². The molecule has 1 rings (SSSR count). The smallest absolute Gasteiger partial charge is 0.123 e. The molecule has 0 bridgehead atoms. The molecule has 102 valence electrons. The fourth-order valence-corrected chi connectivity index (χ4v) is 2.58. The van der Waals surface area contributed by atoms with Crippen LogP contribution in [0.15, 0.2) is 18.2 Å². The quantitative estimate of drug-likeness (QED) is 0.656. The molecular formula is C14H21BrClNO. The van der Waals surface area contributed by atoms with Crippen molar-refractivity contribution in [1.82, 2.24) is 4.90 Å². The molecule has 0 fully saturated rings. The van der Waals surface area contributed by atoms with E-state index in [9.17, 15) is 0 Å². The third kappa shape index (κ3) is 5.17. The standard InChI is InChI=1S/C14H21BrClNO/c1-3-4-8-17(9-7-15)11-12-10-13(16)5-6-14(12)18-2/h5-6,10H,3-4,7-9,11H2,1-2H3. The first-order chi connectivity index (χ1) is 8.71. The summed E-state index contributed by atoms with van der Waals surface area (Å²) in [6.45, 7) is 5.25. The van der Waals surface area contributed by atoms with Crippen molar-refractivity contribution in [3.05, 3.63) is 28.8 Å². The first-order valence-electron chi connectivity index (χ1n) is 6.32. The zero-order valence-corrected chi connectivity index (χ0v) is 13.4. The van der Waals surface area contributed by atoms with Crippen LogP contribution in [0.4, 0.5) is 0 Å². The van der Waals surface area contributed by atoms with Gasteiger partial charge in [0.05, 0.1) is 7.11 Å². The lowest BCUT2D eigenvalue weighted by atomic mass is 10.1. The second-order valence-electron chi connectivity index (χ2n) is 4.27. The number of hydrogen-bond acceptors (Lipinski definition) is 2. The molecule has 0 aliphatic carbocycles. The van der Waals surface area contributed by atoms with Crippen LogP contribution in [0.25, 0.3) is 0 Å². The minimum Gasteiger partial charge on any atom is -0.496 e. The molecule has 0 atom stereocenters. The Bertz CT molecular complexity index is 360. The molecule has 0 N–H and O–H groups in total. The van der Waals surface area contributed by atoms with Crippen LogP contribution in [0, 0.1) is 0 Å². The molecule has 0 aliphatic heterocycles. The van der Waals surface area contributed by atoms with Gasteiger partial charge in [0.25, 0.3) is 0 Å². The van der Waals surface area contributed by atoms with E-state index in [0.717, 1.165) is 41.3 Å². The largest absolute Gasteiger partial charge is 0.496 e. The summed E-state index contributed by atoms with van der Waals surface area (Å²) < 4.78 is 5.39. The van der Waals surface area contributed by atoms with Gasteiger partial charge in [-0.3, -0.25) is 4.90 Å². The fraction of sp³-hybridized carbons (Fsp3) is 0.571. The summed E-state index contributed by atoms with van der Waals surface area (Å²) in [5.74, 6) is 0.912. The lowest BCUT2D eigenvalue weighted by molar-refractivity contribution is 0.273. The number of methoxy groups -OCH3 is 1. The second-order valence-corrected chi connectivity index (χ2v) is 5.50. The third-order valence-electron chi connectivity index (χ3n) is 2.87. The summed E-state index contributed by atoms with van der Waals surface area (Å²) in [6, 6.07) is 5.79. The Morgan fingerprint density at radius 2 is 2.11 bits per heavy atom. The summed E-state index contributed by atoms with van der Waals surface area (Å²) in [4.78, 5) is 2.42. The van der Waals surface area contributed by atoms with Crippen LogP contribution in [-0.2, 0) is 6.54 Å². The number of benzene rings is 1. The van der Waals surface area contributed by atoms with Crippen LogP contribution in [0.1, 0.15) is 25.3 Å². The first-order valence-corrected chi connectivity index (χ1v) is 7.82. The first kappa shape index (κ1) is 15.8. The van der Waals surface area contributed by atoms with Crippen LogP contribution in [0.3, 0.4) is 0 Å². The second kappa shape index (κ2) is 8.78. The van der Waals surface area contributed by atoms with E-state index in [1.165, 1.54) is 12.8 Å². The number of rotatable bonds is 8. The van der Waals surface area contributed by atoms with Crippen molar-refractivity contribution in [2.24, 2.45) is 0 Å². The minimum absolute atomic E-state index is 0.764. The Hall–Kier alpha value is -0.250. The van der Waals surface area contributed by atoms with Crippen LogP contribution < -0.4 is 4.74 Å². The van der Waals surface area contributed by atoms with Gasteiger partial charge < -0.3 is 4.74 Å². The van der Waals surface area contributed by atoms with E-state index in [1.54, 1.807) is 7.11 Å². The third-order valence-corrected chi connectivity index (χ3v) is 3.45. The lowest BCUT2D eigenvalue weighted by Crippen LogP contribution is -2.26. The number of unbranched alkanes of at least 4 members (excludes halogenated alkanes) is 1. The van der Waals surface area contributed by atoms with Crippen molar-refractivity contribution < 1.29 is 4.74 Å².